The summed E-state index contributed by atoms with van der Waals surface area (Å²) in [7, 11) is 0. The second-order valence-corrected chi connectivity index (χ2v) is 7.85. The van der Waals surface area contributed by atoms with Gasteiger partial charge in [-0.25, -0.2) is 13.8 Å². The van der Waals surface area contributed by atoms with Crippen LogP contribution in [0.5, 0.6) is 5.88 Å². The molecule has 1 aromatic heterocycles. The zero-order valence-corrected chi connectivity index (χ0v) is 16.6. The van der Waals surface area contributed by atoms with Gasteiger partial charge in [0.1, 0.15) is 0 Å². The van der Waals surface area contributed by atoms with Gasteiger partial charge in [0.2, 0.25) is 5.88 Å². The van der Waals surface area contributed by atoms with Crippen molar-refractivity contribution in [2.75, 3.05) is 26.2 Å². The molecule has 0 fully saturated rings. The molecule has 0 amide bonds. The van der Waals surface area contributed by atoms with E-state index in [1.165, 1.54) is 37.7 Å². The molecule has 1 atom stereocenters. The molecule has 0 aliphatic carbocycles. The smallest absolute Gasteiger partial charge is 0.278 e. The molecular weight excluding hydrogens is 334 g/mol. The molecule has 0 radical (unpaired) electrons. The van der Waals surface area contributed by atoms with Crippen LogP contribution in [0.1, 0.15) is 64.1 Å². The van der Waals surface area contributed by atoms with Crippen molar-refractivity contribution >= 4 is 0 Å². The van der Waals surface area contributed by atoms with Crippen molar-refractivity contribution in [3.05, 3.63) is 23.4 Å². The van der Waals surface area contributed by atoms with Gasteiger partial charge in [-0.3, -0.25) is 0 Å². The molecular formula is C21H34F2N2O. The summed E-state index contributed by atoms with van der Waals surface area (Å²) in [6.45, 7) is 8.00. The van der Waals surface area contributed by atoms with E-state index in [2.05, 4.69) is 23.7 Å². The van der Waals surface area contributed by atoms with E-state index in [-0.39, 0.29) is 0 Å². The van der Waals surface area contributed by atoms with Gasteiger partial charge in [0.05, 0.1) is 0 Å². The Kier molecular flexibility index (Phi) is 8.26. The first-order valence-corrected chi connectivity index (χ1v) is 10.1. The van der Waals surface area contributed by atoms with Crippen LogP contribution in [-0.4, -0.2) is 42.0 Å². The van der Waals surface area contributed by atoms with Gasteiger partial charge in [0.15, 0.2) is 6.61 Å². The van der Waals surface area contributed by atoms with Gasteiger partial charge in [0.25, 0.3) is 5.92 Å². The summed E-state index contributed by atoms with van der Waals surface area (Å²) < 4.78 is 31.1. The van der Waals surface area contributed by atoms with E-state index in [0.717, 1.165) is 51.0 Å². The Balaban J connectivity index is 1.80. The number of unbranched alkanes of at least 4 members (excludes halogenated alkanes) is 2. The number of halogens is 2. The highest BCUT2D eigenvalue weighted by molar-refractivity contribution is 5.27. The van der Waals surface area contributed by atoms with Crippen molar-refractivity contribution in [1.82, 2.24) is 9.88 Å². The number of rotatable bonds is 10. The first-order valence-electron chi connectivity index (χ1n) is 10.1. The van der Waals surface area contributed by atoms with Gasteiger partial charge in [0, 0.05) is 38.2 Å². The van der Waals surface area contributed by atoms with Crippen LogP contribution >= 0.6 is 0 Å². The average molecular weight is 369 g/mol. The van der Waals surface area contributed by atoms with Crippen molar-refractivity contribution < 1.29 is 13.5 Å². The highest BCUT2D eigenvalue weighted by Gasteiger charge is 2.23. The molecule has 0 saturated heterocycles. The second kappa shape index (κ2) is 10.2. The van der Waals surface area contributed by atoms with E-state index in [9.17, 15) is 8.78 Å². The number of alkyl halides is 2. The molecule has 1 aromatic rings. The van der Waals surface area contributed by atoms with Gasteiger partial charge < -0.3 is 9.64 Å². The summed E-state index contributed by atoms with van der Waals surface area (Å²) >= 11 is 0. The van der Waals surface area contributed by atoms with Crippen molar-refractivity contribution in [2.45, 2.75) is 71.6 Å². The summed E-state index contributed by atoms with van der Waals surface area (Å²) in [5, 5.41) is 0. The Labute approximate surface area is 157 Å². The molecule has 1 aliphatic rings. The molecule has 0 spiro atoms. The lowest BCUT2D eigenvalue weighted by Gasteiger charge is -2.21. The Hall–Kier alpha value is -1.23. The molecule has 0 N–H and O–H groups in total. The Morgan fingerprint density at radius 3 is 2.69 bits per heavy atom. The van der Waals surface area contributed by atoms with E-state index in [1.807, 2.05) is 6.07 Å². The van der Waals surface area contributed by atoms with Crippen LogP contribution < -0.4 is 4.74 Å². The number of hydrogen-bond donors (Lipinski definition) is 0. The van der Waals surface area contributed by atoms with E-state index >= 15 is 0 Å². The van der Waals surface area contributed by atoms with Crippen LogP contribution in [0.15, 0.2) is 12.1 Å². The zero-order valence-electron chi connectivity index (χ0n) is 16.6. The van der Waals surface area contributed by atoms with Crippen LogP contribution in [-0.2, 0) is 12.8 Å². The van der Waals surface area contributed by atoms with Gasteiger partial charge in [-0.2, -0.15) is 0 Å². The normalized spacial score (nSPS) is 16.8. The molecule has 148 valence electrons. The lowest BCUT2D eigenvalue weighted by molar-refractivity contribution is -0.0243. The molecule has 2 heterocycles. The topological polar surface area (TPSA) is 25.4 Å². The second-order valence-electron chi connectivity index (χ2n) is 7.85. The lowest BCUT2D eigenvalue weighted by Crippen LogP contribution is -2.28. The number of pyridine rings is 1. The molecule has 1 aliphatic heterocycles. The summed E-state index contributed by atoms with van der Waals surface area (Å²) in [6.07, 6.45) is 8.36. The standard InChI is InChI=1S/C21H34F2N2O/c1-4-5-6-7-17(2)10-13-25-14-11-18-8-9-20(24-19(18)12-15-25)26-16-21(3,22)23/h8-9,17H,4-7,10-16H2,1-3H3. The summed E-state index contributed by atoms with van der Waals surface area (Å²) in [5.41, 5.74) is 2.22. The average Bonchev–Trinajstić information content (AvgIpc) is 2.80. The van der Waals surface area contributed by atoms with E-state index in [1.54, 1.807) is 6.07 Å². The fourth-order valence-corrected chi connectivity index (χ4v) is 3.40. The van der Waals surface area contributed by atoms with E-state index < -0.39 is 12.5 Å². The predicted octanol–water partition coefficient (Wildman–Crippen LogP) is 5.12. The Bertz CT molecular complexity index is 545. The predicted molar refractivity (Wildman–Crippen MR) is 102 cm³/mol. The molecule has 1 unspecified atom stereocenters. The van der Waals surface area contributed by atoms with Crippen LogP contribution in [0, 0.1) is 5.92 Å². The van der Waals surface area contributed by atoms with Crippen LogP contribution in [0.2, 0.25) is 0 Å². The van der Waals surface area contributed by atoms with Crippen molar-refractivity contribution in [3.8, 4) is 5.88 Å². The minimum Gasteiger partial charge on any atom is -0.471 e. The number of aromatic nitrogens is 1. The van der Waals surface area contributed by atoms with Crippen molar-refractivity contribution in [1.29, 1.82) is 0 Å². The summed E-state index contributed by atoms with van der Waals surface area (Å²) in [6, 6.07) is 3.71. The van der Waals surface area contributed by atoms with Gasteiger partial charge in [-0.1, -0.05) is 45.6 Å². The van der Waals surface area contributed by atoms with Gasteiger partial charge in [-0.05, 0) is 30.9 Å². The third-order valence-electron chi connectivity index (χ3n) is 5.12. The first kappa shape index (κ1) is 21.1. The monoisotopic (exact) mass is 368 g/mol. The fraction of sp³-hybridized carbons (Fsp3) is 0.762. The van der Waals surface area contributed by atoms with Gasteiger partial charge >= 0.3 is 0 Å². The maximum absolute atomic E-state index is 13.0. The third kappa shape index (κ3) is 7.56. The quantitative estimate of drug-likeness (QED) is 0.536. The maximum Gasteiger partial charge on any atom is 0.278 e. The van der Waals surface area contributed by atoms with Crippen molar-refractivity contribution in [2.24, 2.45) is 5.92 Å². The summed E-state index contributed by atoms with van der Waals surface area (Å²) in [5.74, 6) is -1.75. The highest BCUT2D eigenvalue weighted by Crippen LogP contribution is 2.21. The van der Waals surface area contributed by atoms with Crippen molar-refractivity contribution in [3.63, 3.8) is 0 Å². The Morgan fingerprint density at radius 2 is 1.96 bits per heavy atom. The molecule has 0 saturated carbocycles. The number of hydrogen-bond acceptors (Lipinski definition) is 3. The van der Waals surface area contributed by atoms with Crippen LogP contribution in [0.25, 0.3) is 0 Å². The number of ether oxygens (including phenoxy) is 1. The number of nitrogens with zero attached hydrogens (tertiary/aromatic N) is 2. The first-order chi connectivity index (χ1) is 12.4. The van der Waals surface area contributed by atoms with Crippen LogP contribution in [0.4, 0.5) is 8.78 Å². The van der Waals surface area contributed by atoms with E-state index in [4.69, 9.17) is 4.74 Å². The molecule has 0 bridgehead atoms. The molecule has 0 aromatic carbocycles. The molecule has 3 nitrogen and oxygen atoms in total. The fourth-order valence-electron chi connectivity index (χ4n) is 3.40. The minimum absolute atomic E-state index is 0.309. The van der Waals surface area contributed by atoms with Gasteiger partial charge in [-0.15, -0.1) is 0 Å². The third-order valence-corrected chi connectivity index (χ3v) is 5.12. The minimum atomic E-state index is -2.83. The Morgan fingerprint density at radius 1 is 1.19 bits per heavy atom. The zero-order chi connectivity index (χ0) is 19.0. The molecule has 26 heavy (non-hydrogen) atoms. The largest absolute Gasteiger partial charge is 0.471 e. The summed E-state index contributed by atoms with van der Waals surface area (Å²) in [4.78, 5) is 6.99. The SMILES string of the molecule is CCCCCC(C)CCN1CCc2ccc(OCC(C)(F)F)nc2CC1. The molecule has 5 heteroatoms. The van der Waals surface area contributed by atoms with E-state index in [0.29, 0.717) is 5.88 Å². The van der Waals surface area contributed by atoms with Crippen LogP contribution in [0.3, 0.4) is 0 Å². The molecule has 2 rings (SSSR count). The lowest BCUT2D eigenvalue weighted by atomic mass is 10.00. The highest BCUT2D eigenvalue weighted by atomic mass is 19.3. The maximum atomic E-state index is 13.0. The number of fused-ring (bicyclic) bond motifs is 1.